The third kappa shape index (κ3) is 3.08. The maximum atomic E-state index is 11.8. The summed E-state index contributed by atoms with van der Waals surface area (Å²) < 4.78 is 0. The van der Waals surface area contributed by atoms with E-state index < -0.39 is 0 Å². The van der Waals surface area contributed by atoms with Crippen LogP contribution >= 0.6 is 0 Å². The average Bonchev–Trinajstić information content (AvgIpc) is 2.70. The molecule has 0 unspecified atom stereocenters. The van der Waals surface area contributed by atoms with Gasteiger partial charge in [-0.15, -0.1) is 0 Å². The minimum absolute atomic E-state index is 0.0554. The number of benzene rings is 2. The predicted octanol–water partition coefficient (Wildman–Crippen LogP) is 4.70. The van der Waals surface area contributed by atoms with Crippen molar-refractivity contribution >= 4 is 11.3 Å². The number of fused-ring (bicyclic) bond motifs is 3. The molecule has 1 aliphatic rings. The van der Waals surface area contributed by atoms with Crippen LogP contribution in [0.5, 0.6) is 0 Å². The van der Waals surface area contributed by atoms with Crippen LogP contribution in [0.4, 0.5) is 5.69 Å². The molecule has 0 spiro atoms. The third-order valence-corrected chi connectivity index (χ3v) is 5.00. The van der Waals surface area contributed by atoms with E-state index in [1.54, 1.807) is 6.07 Å². The number of aryl methyl sites for hydroxylation is 2. The molecule has 26 heavy (non-hydrogen) atoms. The Balaban J connectivity index is 1.98. The van der Waals surface area contributed by atoms with E-state index in [9.17, 15) is 4.79 Å². The van der Waals surface area contributed by atoms with Gasteiger partial charge in [0.1, 0.15) is 0 Å². The highest BCUT2D eigenvalue weighted by Gasteiger charge is 2.17. The number of nitrogens with two attached hydrogens (primary N) is 1. The Bertz CT molecular complexity index is 1040. The highest BCUT2D eigenvalue weighted by atomic mass is 16.1. The zero-order valence-electron chi connectivity index (χ0n) is 14.9. The quantitative estimate of drug-likeness (QED) is 0.630. The van der Waals surface area contributed by atoms with Crippen molar-refractivity contribution in [3.63, 3.8) is 0 Å². The second-order valence-corrected chi connectivity index (χ2v) is 6.92. The molecule has 0 fully saturated rings. The van der Waals surface area contributed by atoms with E-state index in [1.165, 1.54) is 16.7 Å². The summed E-state index contributed by atoms with van der Waals surface area (Å²) in [4.78, 5) is 14.7. The van der Waals surface area contributed by atoms with Gasteiger partial charge in [0, 0.05) is 23.5 Å². The molecule has 0 radical (unpaired) electrons. The summed E-state index contributed by atoms with van der Waals surface area (Å²) in [5.41, 5.74) is 14.8. The van der Waals surface area contributed by atoms with Gasteiger partial charge in [0.25, 0.3) is 0 Å². The number of aromatic amines is 1. The van der Waals surface area contributed by atoms with Gasteiger partial charge in [-0.05, 0) is 66.1 Å². The molecule has 1 aliphatic carbocycles. The minimum Gasteiger partial charge on any atom is -0.399 e. The molecule has 3 nitrogen and oxygen atoms in total. The fraction of sp³-hybridized carbons (Fsp3) is 0.174. The van der Waals surface area contributed by atoms with Crippen LogP contribution in [0.1, 0.15) is 35.1 Å². The first-order valence-corrected chi connectivity index (χ1v) is 9.01. The Morgan fingerprint density at radius 2 is 1.77 bits per heavy atom. The fourth-order valence-corrected chi connectivity index (χ4v) is 3.65. The van der Waals surface area contributed by atoms with Crippen LogP contribution in [0.3, 0.4) is 0 Å². The van der Waals surface area contributed by atoms with Crippen LogP contribution in [0.25, 0.3) is 16.7 Å². The molecule has 0 saturated heterocycles. The highest BCUT2D eigenvalue weighted by molar-refractivity contribution is 5.90. The van der Waals surface area contributed by atoms with Gasteiger partial charge < -0.3 is 10.7 Å². The molecule has 1 aromatic heterocycles. The highest BCUT2D eigenvalue weighted by Crippen LogP contribution is 2.37. The zero-order valence-corrected chi connectivity index (χ0v) is 14.9. The van der Waals surface area contributed by atoms with Crippen molar-refractivity contribution in [2.24, 2.45) is 0 Å². The molecule has 3 N–H and O–H groups in total. The number of aromatic nitrogens is 1. The maximum absolute atomic E-state index is 11.8. The second kappa shape index (κ2) is 6.68. The van der Waals surface area contributed by atoms with Crippen molar-refractivity contribution < 1.29 is 0 Å². The zero-order chi connectivity index (χ0) is 18.1. The first-order chi connectivity index (χ1) is 12.6. The van der Waals surface area contributed by atoms with Gasteiger partial charge in [0.05, 0.1) is 0 Å². The van der Waals surface area contributed by atoms with Crippen molar-refractivity contribution in [2.75, 3.05) is 5.73 Å². The average molecular weight is 342 g/mol. The monoisotopic (exact) mass is 342 g/mol. The molecule has 0 amide bonds. The van der Waals surface area contributed by atoms with E-state index in [2.05, 4.69) is 48.3 Å². The number of rotatable bonds is 1. The summed E-state index contributed by atoms with van der Waals surface area (Å²) in [5, 5.41) is 0. The lowest BCUT2D eigenvalue weighted by Gasteiger charge is -2.16. The second-order valence-electron chi connectivity index (χ2n) is 6.92. The Morgan fingerprint density at radius 1 is 0.962 bits per heavy atom. The van der Waals surface area contributed by atoms with Gasteiger partial charge in [0.2, 0.25) is 5.56 Å². The molecule has 4 rings (SSSR count). The number of hydrogen-bond acceptors (Lipinski definition) is 2. The molecular weight excluding hydrogens is 320 g/mol. The van der Waals surface area contributed by atoms with Gasteiger partial charge in [-0.1, -0.05) is 42.0 Å². The molecule has 130 valence electrons. The van der Waals surface area contributed by atoms with Crippen molar-refractivity contribution in [1.29, 1.82) is 0 Å². The lowest BCUT2D eigenvalue weighted by Crippen LogP contribution is -2.07. The lowest BCUT2D eigenvalue weighted by molar-refractivity contribution is 0.843. The largest absolute Gasteiger partial charge is 0.399 e. The smallest absolute Gasteiger partial charge is 0.248 e. The summed E-state index contributed by atoms with van der Waals surface area (Å²) in [6, 6.07) is 16.4. The third-order valence-electron chi connectivity index (χ3n) is 5.00. The van der Waals surface area contributed by atoms with Crippen molar-refractivity contribution in [1.82, 2.24) is 4.98 Å². The Labute approximate surface area is 153 Å². The summed E-state index contributed by atoms with van der Waals surface area (Å²) in [6.45, 7) is 2.10. The van der Waals surface area contributed by atoms with Gasteiger partial charge in [0.15, 0.2) is 0 Å². The van der Waals surface area contributed by atoms with Crippen molar-refractivity contribution in [3.8, 4) is 11.1 Å². The van der Waals surface area contributed by atoms with Gasteiger partial charge in [-0.3, -0.25) is 4.79 Å². The summed E-state index contributed by atoms with van der Waals surface area (Å²) in [6.07, 6.45) is 7.00. The summed E-state index contributed by atoms with van der Waals surface area (Å²) in [7, 11) is 0. The molecule has 0 saturated carbocycles. The Hall–Kier alpha value is -3.07. The molecule has 0 bridgehead atoms. The van der Waals surface area contributed by atoms with Gasteiger partial charge >= 0.3 is 0 Å². The molecule has 3 heteroatoms. The van der Waals surface area contributed by atoms with Gasteiger partial charge in [-0.2, -0.15) is 0 Å². The first kappa shape index (κ1) is 16.4. The molecule has 2 aromatic carbocycles. The van der Waals surface area contributed by atoms with Crippen LogP contribution < -0.4 is 11.3 Å². The van der Waals surface area contributed by atoms with E-state index in [1.807, 2.05) is 18.3 Å². The molecule has 1 heterocycles. The first-order valence-electron chi connectivity index (χ1n) is 9.01. The van der Waals surface area contributed by atoms with Crippen LogP contribution in [-0.4, -0.2) is 4.98 Å². The molecule has 0 atom stereocenters. The number of anilines is 1. The van der Waals surface area contributed by atoms with E-state index in [0.29, 0.717) is 0 Å². The molecular formula is C23H22N2O. The Morgan fingerprint density at radius 3 is 2.58 bits per heavy atom. The molecule has 3 aromatic rings. The normalized spacial score (nSPS) is 15.7. The number of allylic oxidation sites excluding steroid dienone is 1. The summed E-state index contributed by atoms with van der Waals surface area (Å²) >= 11 is 0. The molecule has 0 aliphatic heterocycles. The SMILES string of the molecule is Cc1ccc(/C2=C/CCCc3cc(=O)[nH]cc3-c3cc(N)ccc32)cc1. The van der Waals surface area contributed by atoms with Crippen molar-refractivity contribution in [3.05, 3.63) is 93.4 Å². The van der Waals surface area contributed by atoms with Crippen LogP contribution in [0, 0.1) is 6.92 Å². The topological polar surface area (TPSA) is 58.9 Å². The van der Waals surface area contributed by atoms with E-state index in [-0.39, 0.29) is 5.56 Å². The number of nitrogens with one attached hydrogen (secondary N) is 1. The fourth-order valence-electron chi connectivity index (χ4n) is 3.65. The van der Waals surface area contributed by atoms with E-state index >= 15 is 0 Å². The van der Waals surface area contributed by atoms with Crippen LogP contribution in [0.15, 0.2) is 65.6 Å². The minimum atomic E-state index is -0.0554. The Kier molecular flexibility index (Phi) is 4.21. The number of nitrogen functional groups attached to an aromatic ring is 1. The van der Waals surface area contributed by atoms with E-state index in [4.69, 9.17) is 5.73 Å². The summed E-state index contributed by atoms with van der Waals surface area (Å²) in [5.74, 6) is 0. The standard InChI is InChI=1S/C23H22N2O/c1-15-6-8-16(9-7-15)19-5-3-2-4-17-12-23(26)25-14-22(17)21-13-18(24)10-11-20(19)21/h5-14H,2-4,24H2,1H3,(H,25,26)/b19-5-. The number of pyridine rings is 1. The maximum Gasteiger partial charge on any atom is 0.248 e. The predicted molar refractivity (Wildman–Crippen MR) is 108 cm³/mol. The number of H-pyrrole nitrogens is 1. The van der Waals surface area contributed by atoms with E-state index in [0.717, 1.165) is 47.2 Å². The van der Waals surface area contributed by atoms with Crippen molar-refractivity contribution in [2.45, 2.75) is 26.2 Å². The lowest BCUT2D eigenvalue weighted by atomic mass is 9.89. The van der Waals surface area contributed by atoms with Gasteiger partial charge in [-0.25, -0.2) is 0 Å². The van der Waals surface area contributed by atoms with Crippen LogP contribution in [-0.2, 0) is 6.42 Å². The number of hydrogen-bond donors (Lipinski definition) is 2. The van der Waals surface area contributed by atoms with Crippen LogP contribution in [0.2, 0.25) is 0 Å².